The highest BCUT2D eigenvalue weighted by atomic mass is 16.2. The molecule has 1 atom stereocenters. The van der Waals surface area contributed by atoms with Gasteiger partial charge in [0.2, 0.25) is 5.91 Å². The number of likely N-dealkylation sites (N-methyl/N-ethyl adjacent to an activating group) is 1. The number of amides is 1. The lowest BCUT2D eigenvalue weighted by Crippen LogP contribution is -2.54. The monoisotopic (exact) mass is 244 g/mol. The van der Waals surface area contributed by atoms with Crippen LogP contribution in [0.5, 0.6) is 0 Å². The van der Waals surface area contributed by atoms with Crippen LogP contribution < -0.4 is 0 Å². The van der Waals surface area contributed by atoms with Gasteiger partial charge in [0.15, 0.2) is 0 Å². The van der Waals surface area contributed by atoms with Gasteiger partial charge in [0.1, 0.15) is 6.04 Å². The number of nitrogens with zero attached hydrogens (tertiary/aromatic N) is 4. The maximum Gasteiger partial charge on any atom is 0.241 e. The fraction of sp³-hybridized carbons (Fsp3) is 0.462. The largest absolute Gasteiger partial charge is 0.336 e. The van der Waals surface area contributed by atoms with Crippen molar-refractivity contribution in [3.8, 4) is 6.07 Å². The molecule has 1 fully saturated rings. The molecule has 0 saturated carbocycles. The van der Waals surface area contributed by atoms with Gasteiger partial charge in [-0.15, -0.1) is 0 Å². The average Bonchev–Trinajstić information content (AvgIpc) is 2.39. The summed E-state index contributed by atoms with van der Waals surface area (Å²) in [6.45, 7) is 2.08. The number of hydrogen-bond acceptors (Lipinski definition) is 4. The van der Waals surface area contributed by atoms with Crippen molar-refractivity contribution in [2.24, 2.45) is 0 Å². The summed E-state index contributed by atoms with van der Waals surface area (Å²) in [7, 11) is 1.89. The van der Waals surface area contributed by atoms with Crippen LogP contribution in [0.15, 0.2) is 24.5 Å². The van der Waals surface area contributed by atoms with Crippen molar-refractivity contribution in [1.29, 1.82) is 5.26 Å². The molecular formula is C13H16N4O. The standard InChI is InChI=1S/C13H16N4O/c1-16-7-8-17(13(18)12(16)4-5-14)10-11-3-2-6-15-9-11/h2-3,6,9,12H,4,7-8,10H2,1H3. The topological polar surface area (TPSA) is 60.2 Å². The minimum Gasteiger partial charge on any atom is -0.336 e. The molecule has 2 rings (SSSR count). The number of pyridine rings is 1. The molecule has 1 aliphatic rings. The van der Waals surface area contributed by atoms with Gasteiger partial charge in [0.25, 0.3) is 0 Å². The molecule has 5 heteroatoms. The van der Waals surface area contributed by atoms with Crippen LogP contribution >= 0.6 is 0 Å². The predicted molar refractivity (Wildman–Crippen MR) is 66.3 cm³/mol. The molecule has 1 aromatic heterocycles. The van der Waals surface area contributed by atoms with Crippen molar-refractivity contribution in [2.45, 2.75) is 19.0 Å². The molecule has 1 unspecified atom stereocenters. The summed E-state index contributed by atoms with van der Waals surface area (Å²) in [5.74, 6) is 0.0363. The van der Waals surface area contributed by atoms with E-state index in [1.54, 1.807) is 17.3 Å². The van der Waals surface area contributed by atoms with E-state index in [9.17, 15) is 4.79 Å². The molecule has 0 N–H and O–H groups in total. The fourth-order valence-corrected chi connectivity index (χ4v) is 2.14. The van der Waals surface area contributed by atoms with Crippen molar-refractivity contribution in [2.75, 3.05) is 20.1 Å². The Morgan fingerprint density at radius 3 is 3.06 bits per heavy atom. The van der Waals surface area contributed by atoms with Crippen molar-refractivity contribution < 1.29 is 4.79 Å². The van der Waals surface area contributed by atoms with Crippen LogP contribution in [0.3, 0.4) is 0 Å². The Balaban J connectivity index is 2.06. The highest BCUT2D eigenvalue weighted by molar-refractivity contribution is 5.82. The molecule has 0 bridgehead atoms. The van der Waals surface area contributed by atoms with Gasteiger partial charge in [-0.25, -0.2) is 0 Å². The maximum atomic E-state index is 12.2. The molecule has 0 spiro atoms. The number of nitriles is 1. The number of carbonyl (C=O) groups is 1. The van der Waals surface area contributed by atoms with Crippen LogP contribution in [0.1, 0.15) is 12.0 Å². The van der Waals surface area contributed by atoms with Crippen LogP contribution in [-0.2, 0) is 11.3 Å². The third-order valence-corrected chi connectivity index (χ3v) is 3.23. The van der Waals surface area contributed by atoms with E-state index < -0.39 is 0 Å². The van der Waals surface area contributed by atoms with Crippen molar-refractivity contribution in [3.63, 3.8) is 0 Å². The zero-order chi connectivity index (χ0) is 13.0. The minimum absolute atomic E-state index is 0.0363. The van der Waals surface area contributed by atoms with E-state index in [4.69, 9.17) is 5.26 Å². The van der Waals surface area contributed by atoms with Crippen molar-refractivity contribution in [1.82, 2.24) is 14.8 Å². The third-order valence-electron chi connectivity index (χ3n) is 3.23. The van der Waals surface area contributed by atoms with Gasteiger partial charge in [-0.2, -0.15) is 5.26 Å². The zero-order valence-electron chi connectivity index (χ0n) is 10.4. The maximum absolute atomic E-state index is 12.2. The van der Waals surface area contributed by atoms with Crippen LogP contribution in [0.25, 0.3) is 0 Å². The Hall–Kier alpha value is -1.93. The van der Waals surface area contributed by atoms with E-state index in [1.165, 1.54) is 0 Å². The Labute approximate surface area is 107 Å². The molecule has 0 aromatic carbocycles. The van der Waals surface area contributed by atoms with Gasteiger partial charge < -0.3 is 4.90 Å². The van der Waals surface area contributed by atoms with Gasteiger partial charge >= 0.3 is 0 Å². The first-order valence-corrected chi connectivity index (χ1v) is 5.97. The molecule has 1 saturated heterocycles. The highest BCUT2D eigenvalue weighted by Gasteiger charge is 2.32. The Bertz CT molecular complexity index is 454. The molecule has 5 nitrogen and oxygen atoms in total. The number of hydrogen-bond donors (Lipinski definition) is 0. The fourth-order valence-electron chi connectivity index (χ4n) is 2.14. The second kappa shape index (κ2) is 5.61. The predicted octanol–water partition coefficient (Wildman–Crippen LogP) is 0.638. The minimum atomic E-state index is -0.305. The average molecular weight is 244 g/mol. The van der Waals surface area contributed by atoms with Gasteiger partial charge in [-0.05, 0) is 18.7 Å². The lowest BCUT2D eigenvalue weighted by atomic mass is 10.1. The van der Waals surface area contributed by atoms with Gasteiger partial charge in [-0.3, -0.25) is 14.7 Å². The second-order valence-electron chi connectivity index (χ2n) is 4.48. The molecule has 1 aromatic rings. The summed E-state index contributed by atoms with van der Waals surface area (Å²) in [4.78, 5) is 20.0. The van der Waals surface area contributed by atoms with Crippen LogP contribution in [-0.4, -0.2) is 46.9 Å². The molecule has 0 aliphatic carbocycles. The Morgan fingerprint density at radius 1 is 1.56 bits per heavy atom. The summed E-state index contributed by atoms with van der Waals surface area (Å²) in [6, 6.07) is 5.60. The Morgan fingerprint density at radius 2 is 2.39 bits per heavy atom. The lowest BCUT2D eigenvalue weighted by Gasteiger charge is -2.37. The van der Waals surface area contributed by atoms with E-state index >= 15 is 0 Å². The number of piperazine rings is 1. The van der Waals surface area contributed by atoms with Gasteiger partial charge in [0, 0.05) is 32.0 Å². The van der Waals surface area contributed by atoms with E-state index in [0.717, 1.165) is 12.1 Å². The smallest absolute Gasteiger partial charge is 0.241 e. The number of aromatic nitrogens is 1. The first-order valence-electron chi connectivity index (χ1n) is 5.97. The van der Waals surface area contributed by atoms with Crippen LogP contribution in [0.4, 0.5) is 0 Å². The van der Waals surface area contributed by atoms with E-state index in [2.05, 4.69) is 11.1 Å². The summed E-state index contributed by atoms with van der Waals surface area (Å²) >= 11 is 0. The normalized spacial score (nSPS) is 20.8. The zero-order valence-corrected chi connectivity index (χ0v) is 10.4. The summed E-state index contributed by atoms with van der Waals surface area (Å²) < 4.78 is 0. The number of carbonyl (C=O) groups excluding carboxylic acids is 1. The first-order chi connectivity index (χ1) is 8.72. The molecular weight excluding hydrogens is 228 g/mol. The molecule has 18 heavy (non-hydrogen) atoms. The Kier molecular flexibility index (Phi) is 3.90. The van der Waals surface area contributed by atoms with Gasteiger partial charge in [-0.1, -0.05) is 6.07 Å². The van der Waals surface area contributed by atoms with Crippen LogP contribution in [0.2, 0.25) is 0 Å². The van der Waals surface area contributed by atoms with Gasteiger partial charge in [0.05, 0.1) is 12.5 Å². The lowest BCUT2D eigenvalue weighted by molar-refractivity contribution is -0.141. The van der Waals surface area contributed by atoms with Crippen molar-refractivity contribution in [3.05, 3.63) is 30.1 Å². The summed E-state index contributed by atoms with van der Waals surface area (Å²) in [5.41, 5.74) is 1.02. The molecule has 94 valence electrons. The molecule has 2 heterocycles. The summed E-state index contributed by atoms with van der Waals surface area (Å²) in [6.07, 6.45) is 3.73. The molecule has 1 amide bonds. The molecule has 1 aliphatic heterocycles. The third kappa shape index (κ3) is 2.66. The van der Waals surface area contributed by atoms with E-state index in [-0.39, 0.29) is 18.4 Å². The van der Waals surface area contributed by atoms with Crippen molar-refractivity contribution >= 4 is 5.91 Å². The quantitative estimate of drug-likeness (QED) is 0.782. The SMILES string of the molecule is CN1CCN(Cc2cccnc2)C(=O)C1CC#N. The highest BCUT2D eigenvalue weighted by Crippen LogP contribution is 2.14. The number of rotatable bonds is 3. The first kappa shape index (κ1) is 12.5. The van der Waals surface area contributed by atoms with E-state index in [0.29, 0.717) is 13.1 Å². The molecule has 0 radical (unpaired) electrons. The van der Waals surface area contributed by atoms with Crippen LogP contribution in [0, 0.1) is 11.3 Å². The van der Waals surface area contributed by atoms with E-state index in [1.807, 2.05) is 24.1 Å². The summed E-state index contributed by atoms with van der Waals surface area (Å²) in [5, 5.41) is 8.77. The second-order valence-corrected chi connectivity index (χ2v) is 4.48.